The van der Waals surface area contributed by atoms with Crippen LogP contribution in [0.3, 0.4) is 0 Å². The number of thiazole rings is 1. The van der Waals surface area contributed by atoms with Crippen LogP contribution in [0.4, 0.5) is 0 Å². The smallest absolute Gasteiger partial charge is 0.191 e. The molecule has 122 valence electrons. The fourth-order valence-corrected chi connectivity index (χ4v) is 2.93. The molecule has 0 aliphatic heterocycles. The number of nitrogens with one attached hydrogen (secondary N) is 2. The minimum absolute atomic E-state index is 0. The summed E-state index contributed by atoms with van der Waals surface area (Å²) in [5, 5.41) is 7.74. The Hall–Kier alpha value is -0.0200. The summed E-state index contributed by atoms with van der Waals surface area (Å²) >= 11 is 3.65. The Labute approximate surface area is 154 Å². The Balaban J connectivity index is 0.00000400. The Bertz CT molecular complexity index is 396. The van der Waals surface area contributed by atoms with Gasteiger partial charge in [0, 0.05) is 24.2 Å². The average molecular weight is 442 g/mol. The molecule has 1 aromatic heterocycles. The molecule has 0 saturated heterocycles. The van der Waals surface area contributed by atoms with Crippen molar-refractivity contribution in [3.05, 3.63) is 16.1 Å². The number of thioether (sulfide) groups is 1. The Morgan fingerprint density at radius 2 is 2.14 bits per heavy atom. The summed E-state index contributed by atoms with van der Waals surface area (Å²) in [7, 11) is 0. The Kier molecular flexibility index (Phi) is 13.6. The normalized spacial score (nSPS) is 11.1. The molecular formula is C14H27IN4S2. The molecule has 0 saturated carbocycles. The summed E-state index contributed by atoms with van der Waals surface area (Å²) < 4.78 is 0. The summed E-state index contributed by atoms with van der Waals surface area (Å²) in [5.41, 5.74) is 0. The highest BCUT2D eigenvalue weighted by molar-refractivity contribution is 14.0. The number of aryl methyl sites for hydroxylation is 1. The van der Waals surface area contributed by atoms with Crippen molar-refractivity contribution < 1.29 is 0 Å². The zero-order valence-electron chi connectivity index (χ0n) is 13.1. The number of hydrogen-bond acceptors (Lipinski definition) is 4. The topological polar surface area (TPSA) is 49.3 Å². The van der Waals surface area contributed by atoms with Gasteiger partial charge in [0.2, 0.25) is 0 Å². The lowest BCUT2D eigenvalue weighted by molar-refractivity contribution is 0.734. The predicted molar refractivity (Wildman–Crippen MR) is 107 cm³/mol. The minimum atomic E-state index is 0. The lowest BCUT2D eigenvalue weighted by Gasteiger charge is -2.10. The molecule has 7 heteroatoms. The van der Waals surface area contributed by atoms with E-state index in [0.717, 1.165) is 30.5 Å². The summed E-state index contributed by atoms with van der Waals surface area (Å²) in [4.78, 5) is 10.3. The number of unbranched alkanes of at least 4 members (excludes halogenated alkanes) is 1. The standard InChI is InChI=1S/C14H26N4S2.HI/c1-4-12-10-17-13(20-12)11-18-14(15-5-2)16-8-6-7-9-19-3;/h10H,4-9,11H2,1-3H3,(H2,15,16,18);1H. The highest BCUT2D eigenvalue weighted by Crippen LogP contribution is 2.13. The van der Waals surface area contributed by atoms with Crippen molar-refractivity contribution in [2.24, 2.45) is 4.99 Å². The van der Waals surface area contributed by atoms with E-state index in [2.05, 4.69) is 40.7 Å². The number of hydrogen-bond donors (Lipinski definition) is 2. The van der Waals surface area contributed by atoms with Crippen LogP contribution in [0.1, 0.15) is 36.6 Å². The second kappa shape index (κ2) is 13.6. The van der Waals surface area contributed by atoms with Gasteiger partial charge in [0.15, 0.2) is 5.96 Å². The molecule has 1 heterocycles. The first-order valence-electron chi connectivity index (χ1n) is 7.24. The van der Waals surface area contributed by atoms with Gasteiger partial charge >= 0.3 is 0 Å². The molecule has 0 bridgehead atoms. The first-order chi connectivity index (χ1) is 9.80. The van der Waals surface area contributed by atoms with Gasteiger partial charge in [0.1, 0.15) is 5.01 Å². The summed E-state index contributed by atoms with van der Waals surface area (Å²) in [5.74, 6) is 2.12. The largest absolute Gasteiger partial charge is 0.357 e. The lowest BCUT2D eigenvalue weighted by atomic mass is 10.3. The molecule has 21 heavy (non-hydrogen) atoms. The van der Waals surface area contributed by atoms with Crippen LogP contribution >= 0.6 is 47.1 Å². The van der Waals surface area contributed by atoms with Crippen molar-refractivity contribution in [3.8, 4) is 0 Å². The predicted octanol–water partition coefficient (Wildman–Crippen LogP) is 3.52. The van der Waals surface area contributed by atoms with Crippen LogP contribution in [-0.4, -0.2) is 36.0 Å². The third kappa shape index (κ3) is 9.57. The van der Waals surface area contributed by atoms with Crippen LogP contribution in [-0.2, 0) is 13.0 Å². The van der Waals surface area contributed by atoms with E-state index in [1.807, 2.05) is 18.0 Å². The number of halogens is 1. The number of guanidine groups is 1. The van der Waals surface area contributed by atoms with E-state index in [1.54, 1.807) is 11.3 Å². The summed E-state index contributed by atoms with van der Waals surface area (Å²) in [6.07, 6.45) is 7.59. The Morgan fingerprint density at radius 3 is 2.76 bits per heavy atom. The molecule has 0 spiro atoms. The molecule has 2 N–H and O–H groups in total. The molecule has 0 atom stereocenters. The molecule has 0 amide bonds. The molecular weight excluding hydrogens is 415 g/mol. The monoisotopic (exact) mass is 442 g/mol. The maximum absolute atomic E-state index is 4.59. The summed E-state index contributed by atoms with van der Waals surface area (Å²) in [6, 6.07) is 0. The van der Waals surface area contributed by atoms with Gasteiger partial charge in [-0.05, 0) is 38.2 Å². The zero-order valence-corrected chi connectivity index (χ0v) is 17.1. The number of nitrogens with zero attached hydrogens (tertiary/aromatic N) is 2. The molecule has 0 fully saturated rings. The van der Waals surface area contributed by atoms with Gasteiger partial charge in [-0.1, -0.05) is 6.92 Å². The maximum atomic E-state index is 4.59. The molecule has 0 aliphatic carbocycles. The molecule has 0 radical (unpaired) electrons. The summed E-state index contributed by atoms with van der Waals surface area (Å²) in [6.45, 7) is 6.76. The first kappa shape index (κ1) is 21.0. The zero-order chi connectivity index (χ0) is 14.6. The fraction of sp³-hybridized carbons (Fsp3) is 0.714. The van der Waals surface area contributed by atoms with E-state index < -0.39 is 0 Å². The van der Waals surface area contributed by atoms with Gasteiger partial charge in [0.05, 0.1) is 6.54 Å². The first-order valence-corrected chi connectivity index (χ1v) is 9.45. The van der Waals surface area contributed by atoms with Crippen molar-refractivity contribution in [3.63, 3.8) is 0 Å². The highest BCUT2D eigenvalue weighted by atomic mass is 127. The van der Waals surface area contributed by atoms with Crippen LogP contribution in [0, 0.1) is 0 Å². The third-order valence-electron chi connectivity index (χ3n) is 2.73. The van der Waals surface area contributed by atoms with Gasteiger partial charge in [0.25, 0.3) is 0 Å². The van der Waals surface area contributed by atoms with Crippen LogP contribution in [0.2, 0.25) is 0 Å². The van der Waals surface area contributed by atoms with Crippen molar-refractivity contribution in [1.29, 1.82) is 0 Å². The van der Waals surface area contributed by atoms with Crippen molar-refractivity contribution in [2.45, 2.75) is 39.7 Å². The second-order valence-corrected chi connectivity index (χ2v) is 6.58. The van der Waals surface area contributed by atoms with E-state index in [9.17, 15) is 0 Å². The quantitative estimate of drug-likeness (QED) is 0.266. The van der Waals surface area contributed by atoms with E-state index in [1.165, 1.54) is 23.5 Å². The molecule has 0 aliphatic rings. The Morgan fingerprint density at radius 1 is 1.33 bits per heavy atom. The van der Waals surface area contributed by atoms with Crippen LogP contribution in [0.5, 0.6) is 0 Å². The van der Waals surface area contributed by atoms with E-state index in [0.29, 0.717) is 6.54 Å². The SMILES string of the molecule is CCNC(=NCc1ncc(CC)s1)NCCCCSC.I. The van der Waals surface area contributed by atoms with E-state index in [-0.39, 0.29) is 24.0 Å². The van der Waals surface area contributed by atoms with Gasteiger partial charge < -0.3 is 10.6 Å². The van der Waals surface area contributed by atoms with Gasteiger partial charge in [-0.2, -0.15) is 11.8 Å². The molecule has 0 aromatic carbocycles. The lowest BCUT2D eigenvalue weighted by Crippen LogP contribution is -2.37. The van der Waals surface area contributed by atoms with Crippen molar-refractivity contribution in [2.75, 3.05) is 25.1 Å². The molecule has 1 rings (SSSR count). The van der Waals surface area contributed by atoms with Crippen molar-refractivity contribution >= 4 is 53.0 Å². The average Bonchev–Trinajstić information content (AvgIpc) is 2.92. The number of aliphatic imine (C=N–C) groups is 1. The van der Waals surface area contributed by atoms with Gasteiger partial charge in [-0.15, -0.1) is 35.3 Å². The highest BCUT2D eigenvalue weighted by Gasteiger charge is 2.01. The van der Waals surface area contributed by atoms with Crippen LogP contribution in [0.25, 0.3) is 0 Å². The minimum Gasteiger partial charge on any atom is -0.357 e. The molecule has 4 nitrogen and oxygen atoms in total. The third-order valence-corrected chi connectivity index (χ3v) is 4.56. The van der Waals surface area contributed by atoms with Crippen LogP contribution < -0.4 is 10.6 Å². The number of aromatic nitrogens is 1. The van der Waals surface area contributed by atoms with Crippen molar-refractivity contribution in [1.82, 2.24) is 15.6 Å². The second-order valence-electron chi connectivity index (χ2n) is 4.40. The molecule has 1 aromatic rings. The van der Waals surface area contributed by atoms with Gasteiger partial charge in [-0.25, -0.2) is 9.98 Å². The fourth-order valence-electron chi connectivity index (χ4n) is 1.65. The maximum Gasteiger partial charge on any atom is 0.191 e. The van der Waals surface area contributed by atoms with E-state index >= 15 is 0 Å². The van der Waals surface area contributed by atoms with E-state index in [4.69, 9.17) is 0 Å². The number of rotatable bonds is 9. The molecule has 0 unspecified atom stereocenters. The van der Waals surface area contributed by atoms with Crippen LogP contribution in [0.15, 0.2) is 11.2 Å². The van der Waals surface area contributed by atoms with Gasteiger partial charge in [-0.3, -0.25) is 0 Å².